The van der Waals surface area contributed by atoms with Gasteiger partial charge < -0.3 is 0 Å². The molecule has 0 N–H and O–H groups in total. The summed E-state index contributed by atoms with van der Waals surface area (Å²) in [5.41, 5.74) is 0. The van der Waals surface area contributed by atoms with Gasteiger partial charge in [-0.05, 0) is 18.0 Å². The van der Waals surface area contributed by atoms with E-state index in [1.807, 2.05) is 6.92 Å². The van der Waals surface area contributed by atoms with Crippen molar-refractivity contribution in [3.8, 4) is 0 Å². The van der Waals surface area contributed by atoms with Gasteiger partial charge in [0.15, 0.2) is 0 Å². The van der Waals surface area contributed by atoms with Crippen molar-refractivity contribution in [3.05, 3.63) is 30.3 Å². The Morgan fingerprint density at radius 1 is 1.47 bits per heavy atom. The molecule has 0 aliphatic rings. The van der Waals surface area contributed by atoms with Crippen LogP contribution in [0.1, 0.15) is 13.3 Å². The number of hydrogen-bond acceptors (Lipinski definition) is 4. The van der Waals surface area contributed by atoms with E-state index in [0.717, 1.165) is 6.42 Å². The molecule has 17 heavy (non-hydrogen) atoms. The molecule has 1 aromatic heterocycles. The van der Waals surface area contributed by atoms with Crippen LogP contribution in [0.4, 0.5) is 0 Å². The van der Waals surface area contributed by atoms with Crippen LogP contribution in [0, 0.1) is 0 Å². The molecule has 0 saturated carbocycles. The zero-order valence-corrected chi connectivity index (χ0v) is 11.1. The average molecular weight is 276 g/mol. The Kier molecular flexibility index (Phi) is 5.04. The number of nitrogens with zero attached hydrogens (tertiary/aromatic N) is 3. The average Bonchev–Trinajstić information content (AvgIpc) is 2.29. The molecule has 0 aromatic carbocycles. The summed E-state index contributed by atoms with van der Waals surface area (Å²) < 4.78 is 25.7. The second-order valence-corrected chi connectivity index (χ2v) is 5.62. The molecule has 0 aliphatic carbocycles. The van der Waals surface area contributed by atoms with Crippen LogP contribution in [0.2, 0.25) is 5.28 Å². The Balaban J connectivity index is 3.06. The van der Waals surface area contributed by atoms with Crippen molar-refractivity contribution < 1.29 is 8.42 Å². The Morgan fingerprint density at radius 3 is 2.53 bits per heavy atom. The van der Waals surface area contributed by atoms with Crippen LogP contribution in [0.3, 0.4) is 0 Å². The molecular weight excluding hydrogens is 262 g/mol. The van der Waals surface area contributed by atoms with E-state index in [4.69, 9.17) is 11.6 Å². The highest BCUT2D eigenvalue weighted by Crippen LogP contribution is 2.14. The van der Waals surface area contributed by atoms with Crippen molar-refractivity contribution in [2.75, 3.05) is 13.1 Å². The summed E-state index contributed by atoms with van der Waals surface area (Å²) in [4.78, 5) is 7.38. The monoisotopic (exact) mass is 275 g/mol. The van der Waals surface area contributed by atoms with E-state index in [1.165, 1.54) is 16.7 Å². The molecular formula is C10H14ClN3O2S. The molecule has 0 aliphatic heterocycles. The lowest BCUT2D eigenvalue weighted by Crippen LogP contribution is -2.32. The first-order chi connectivity index (χ1) is 8.02. The van der Waals surface area contributed by atoms with E-state index < -0.39 is 10.0 Å². The smallest absolute Gasteiger partial charge is 0.225 e. The number of sulfonamides is 1. The molecule has 0 radical (unpaired) electrons. The second kappa shape index (κ2) is 6.09. The molecule has 0 atom stereocenters. The summed E-state index contributed by atoms with van der Waals surface area (Å²) in [5.74, 6) is 0. The van der Waals surface area contributed by atoms with Crippen molar-refractivity contribution in [2.24, 2.45) is 0 Å². The summed E-state index contributed by atoms with van der Waals surface area (Å²) in [6.07, 6.45) is 4.68. The Labute approximate surface area is 106 Å². The van der Waals surface area contributed by atoms with Crippen molar-refractivity contribution >= 4 is 21.6 Å². The predicted molar refractivity (Wildman–Crippen MR) is 66.3 cm³/mol. The summed E-state index contributed by atoms with van der Waals surface area (Å²) in [7, 11) is -3.56. The van der Waals surface area contributed by atoms with Gasteiger partial charge in [0.05, 0.1) is 12.4 Å². The highest BCUT2D eigenvalue weighted by Gasteiger charge is 2.23. The van der Waals surface area contributed by atoms with Crippen LogP contribution < -0.4 is 0 Å². The van der Waals surface area contributed by atoms with Crippen molar-refractivity contribution in [2.45, 2.75) is 18.2 Å². The van der Waals surface area contributed by atoms with Gasteiger partial charge in [0, 0.05) is 13.1 Å². The van der Waals surface area contributed by atoms with Crippen LogP contribution in [-0.2, 0) is 10.0 Å². The number of rotatable bonds is 6. The zero-order chi connectivity index (χ0) is 12.9. The molecule has 94 valence electrons. The highest BCUT2D eigenvalue weighted by atomic mass is 35.5. The van der Waals surface area contributed by atoms with Gasteiger partial charge in [0.25, 0.3) is 0 Å². The third kappa shape index (κ3) is 3.49. The van der Waals surface area contributed by atoms with Gasteiger partial charge in [-0.1, -0.05) is 13.0 Å². The van der Waals surface area contributed by atoms with Gasteiger partial charge >= 0.3 is 0 Å². The third-order valence-corrected chi connectivity index (χ3v) is 4.05. The first kappa shape index (κ1) is 14.1. The third-order valence-electron chi connectivity index (χ3n) is 2.04. The minimum Gasteiger partial charge on any atom is -0.225 e. The summed E-state index contributed by atoms with van der Waals surface area (Å²) in [5, 5.41) is 0.0229. The number of hydrogen-bond donors (Lipinski definition) is 0. The van der Waals surface area contributed by atoms with Crippen molar-refractivity contribution in [1.82, 2.24) is 14.3 Å². The molecule has 0 spiro atoms. The number of aromatic nitrogens is 2. The van der Waals surface area contributed by atoms with Crippen molar-refractivity contribution in [3.63, 3.8) is 0 Å². The fourth-order valence-corrected chi connectivity index (χ4v) is 2.78. The van der Waals surface area contributed by atoms with Gasteiger partial charge in [-0.15, -0.1) is 6.58 Å². The van der Waals surface area contributed by atoms with E-state index in [0.29, 0.717) is 6.54 Å². The van der Waals surface area contributed by atoms with Gasteiger partial charge in [0.2, 0.25) is 15.3 Å². The predicted octanol–water partition coefficient (Wildman–Crippen LogP) is 1.72. The second-order valence-electron chi connectivity index (χ2n) is 3.34. The Bertz CT molecular complexity index is 473. The lowest BCUT2D eigenvalue weighted by molar-refractivity contribution is 0.441. The molecule has 0 bridgehead atoms. The van der Waals surface area contributed by atoms with Gasteiger partial charge in [-0.2, -0.15) is 4.31 Å². The molecule has 1 rings (SSSR count). The highest BCUT2D eigenvalue weighted by molar-refractivity contribution is 7.89. The van der Waals surface area contributed by atoms with E-state index in [9.17, 15) is 8.42 Å². The largest absolute Gasteiger partial charge is 0.246 e. The van der Waals surface area contributed by atoms with Crippen LogP contribution in [-0.4, -0.2) is 35.8 Å². The fourth-order valence-electron chi connectivity index (χ4n) is 1.29. The number of halogens is 1. The quantitative estimate of drug-likeness (QED) is 0.586. The Hall–Kier alpha value is -0.980. The van der Waals surface area contributed by atoms with Crippen molar-refractivity contribution in [1.29, 1.82) is 0 Å². The molecule has 1 aromatic rings. The van der Waals surface area contributed by atoms with Gasteiger partial charge in [0.1, 0.15) is 4.90 Å². The van der Waals surface area contributed by atoms with Gasteiger partial charge in [-0.25, -0.2) is 18.4 Å². The molecule has 0 unspecified atom stereocenters. The topological polar surface area (TPSA) is 63.2 Å². The van der Waals surface area contributed by atoms with Gasteiger partial charge in [-0.3, -0.25) is 0 Å². The maximum absolute atomic E-state index is 12.2. The molecule has 1 heterocycles. The SMILES string of the molecule is C=CCN(CCC)S(=O)(=O)c1cnc(Cl)nc1. The summed E-state index contributed by atoms with van der Waals surface area (Å²) in [6.45, 7) is 6.14. The minimum absolute atomic E-state index is 0.0229. The van der Waals surface area contributed by atoms with E-state index in [1.54, 1.807) is 6.08 Å². The lowest BCUT2D eigenvalue weighted by atomic mass is 10.5. The summed E-state index contributed by atoms with van der Waals surface area (Å²) in [6, 6.07) is 0. The van der Waals surface area contributed by atoms with E-state index in [-0.39, 0.29) is 16.7 Å². The lowest BCUT2D eigenvalue weighted by Gasteiger charge is -2.19. The molecule has 5 nitrogen and oxygen atoms in total. The van der Waals surface area contributed by atoms with E-state index in [2.05, 4.69) is 16.5 Å². The Morgan fingerprint density at radius 2 is 2.06 bits per heavy atom. The molecule has 7 heteroatoms. The maximum Gasteiger partial charge on any atom is 0.246 e. The molecule has 0 saturated heterocycles. The summed E-state index contributed by atoms with van der Waals surface area (Å²) >= 11 is 5.52. The molecule has 0 amide bonds. The maximum atomic E-state index is 12.2. The van der Waals surface area contributed by atoms with Crippen LogP contribution in [0.25, 0.3) is 0 Å². The van der Waals surface area contributed by atoms with Crippen LogP contribution in [0.15, 0.2) is 29.9 Å². The zero-order valence-electron chi connectivity index (χ0n) is 9.50. The fraction of sp³-hybridized carbons (Fsp3) is 0.400. The normalized spacial score (nSPS) is 11.7. The standard InChI is InChI=1S/C10H14ClN3O2S/c1-3-5-14(6-4-2)17(15,16)9-7-12-10(11)13-8-9/h3,7-8H,1,4-6H2,2H3. The first-order valence-electron chi connectivity index (χ1n) is 5.11. The van der Waals surface area contributed by atoms with Crippen LogP contribution in [0.5, 0.6) is 0 Å². The first-order valence-corrected chi connectivity index (χ1v) is 6.92. The van der Waals surface area contributed by atoms with E-state index >= 15 is 0 Å². The molecule has 0 fully saturated rings. The van der Waals surface area contributed by atoms with Crippen LogP contribution >= 0.6 is 11.6 Å². The minimum atomic E-state index is -3.56.